The van der Waals surface area contributed by atoms with Crippen molar-refractivity contribution in [2.75, 3.05) is 13.2 Å². The molecule has 0 aliphatic heterocycles. The molecule has 0 bridgehead atoms. The Bertz CT molecular complexity index is 796. The molecule has 2 aromatic rings. The SMILES string of the molecule is Cc1noc(C)c1COc1ccc(CC(=O)OCC(=O)NCC(F)(F)F)cc1. The topological polar surface area (TPSA) is 90.7 Å². The summed E-state index contributed by atoms with van der Waals surface area (Å²) in [7, 11) is 0. The van der Waals surface area contributed by atoms with Crippen molar-refractivity contribution < 1.29 is 36.8 Å². The van der Waals surface area contributed by atoms with Crippen LogP contribution < -0.4 is 10.1 Å². The highest BCUT2D eigenvalue weighted by molar-refractivity contribution is 5.81. The number of hydrogen-bond acceptors (Lipinski definition) is 6. The van der Waals surface area contributed by atoms with Gasteiger partial charge in [0.05, 0.1) is 17.7 Å². The number of aromatic nitrogens is 1. The van der Waals surface area contributed by atoms with E-state index in [0.717, 1.165) is 11.3 Å². The molecule has 2 rings (SSSR count). The second kappa shape index (κ2) is 9.25. The Labute approximate surface area is 158 Å². The number of carbonyl (C=O) groups excluding carboxylic acids is 2. The molecule has 0 saturated heterocycles. The summed E-state index contributed by atoms with van der Waals surface area (Å²) in [5.41, 5.74) is 2.21. The number of hydrogen-bond donors (Lipinski definition) is 1. The highest BCUT2D eigenvalue weighted by atomic mass is 19.4. The molecule has 1 amide bonds. The Balaban J connectivity index is 1.75. The first-order chi connectivity index (χ1) is 13.1. The Morgan fingerprint density at radius 1 is 1.18 bits per heavy atom. The first-order valence-electron chi connectivity index (χ1n) is 8.26. The van der Waals surface area contributed by atoms with Gasteiger partial charge in [-0.15, -0.1) is 0 Å². The van der Waals surface area contributed by atoms with Gasteiger partial charge in [-0.25, -0.2) is 0 Å². The molecule has 1 aromatic carbocycles. The van der Waals surface area contributed by atoms with Crippen LogP contribution in [-0.2, 0) is 27.4 Å². The standard InChI is InChI=1S/C18H19F3N2O5/c1-11-15(12(2)28-23-11)8-26-14-5-3-13(4-6-14)7-17(25)27-9-16(24)22-10-18(19,20)21/h3-6H,7-10H2,1-2H3,(H,22,24). The third-order valence-corrected chi connectivity index (χ3v) is 3.69. The van der Waals surface area contributed by atoms with Crippen molar-refractivity contribution in [1.29, 1.82) is 0 Å². The van der Waals surface area contributed by atoms with Crippen molar-refractivity contribution in [3.63, 3.8) is 0 Å². The Morgan fingerprint density at radius 3 is 2.43 bits per heavy atom. The van der Waals surface area contributed by atoms with Gasteiger partial charge in [0.15, 0.2) is 6.61 Å². The van der Waals surface area contributed by atoms with Gasteiger partial charge in [0.25, 0.3) is 5.91 Å². The molecule has 0 spiro atoms. The molecule has 0 unspecified atom stereocenters. The number of halogens is 3. The van der Waals surface area contributed by atoms with Crippen molar-refractivity contribution in [3.8, 4) is 5.75 Å². The maximum Gasteiger partial charge on any atom is 0.405 e. The van der Waals surface area contributed by atoms with Crippen LogP contribution in [0.25, 0.3) is 0 Å². The molecule has 10 heteroatoms. The first kappa shape index (κ1) is 21.3. The van der Waals surface area contributed by atoms with E-state index in [1.807, 2.05) is 6.92 Å². The van der Waals surface area contributed by atoms with E-state index in [-0.39, 0.29) is 13.0 Å². The van der Waals surface area contributed by atoms with Crippen LogP contribution in [0.1, 0.15) is 22.6 Å². The van der Waals surface area contributed by atoms with Crippen LogP contribution in [0, 0.1) is 13.8 Å². The van der Waals surface area contributed by atoms with Gasteiger partial charge < -0.3 is 19.3 Å². The lowest BCUT2D eigenvalue weighted by atomic mass is 10.1. The maximum absolute atomic E-state index is 12.0. The lowest BCUT2D eigenvalue weighted by Crippen LogP contribution is -2.36. The quantitative estimate of drug-likeness (QED) is 0.685. The molecule has 0 fully saturated rings. The van der Waals surface area contributed by atoms with E-state index >= 15 is 0 Å². The normalized spacial score (nSPS) is 11.2. The zero-order valence-electron chi connectivity index (χ0n) is 15.3. The molecule has 1 heterocycles. The second-order valence-corrected chi connectivity index (χ2v) is 5.96. The number of esters is 1. The second-order valence-electron chi connectivity index (χ2n) is 5.96. The molecule has 0 atom stereocenters. The van der Waals surface area contributed by atoms with Gasteiger partial charge in [-0.2, -0.15) is 13.2 Å². The summed E-state index contributed by atoms with van der Waals surface area (Å²) in [4.78, 5) is 22.9. The zero-order valence-corrected chi connectivity index (χ0v) is 15.3. The molecule has 152 valence electrons. The predicted molar refractivity (Wildman–Crippen MR) is 90.5 cm³/mol. The van der Waals surface area contributed by atoms with Crippen LogP contribution in [0.15, 0.2) is 28.8 Å². The molecular weight excluding hydrogens is 381 g/mol. The number of amides is 1. The van der Waals surface area contributed by atoms with Crippen LogP contribution in [0.4, 0.5) is 13.2 Å². The summed E-state index contributed by atoms with van der Waals surface area (Å²) in [5, 5.41) is 5.45. The zero-order chi connectivity index (χ0) is 20.7. The van der Waals surface area contributed by atoms with Crippen molar-refractivity contribution in [1.82, 2.24) is 10.5 Å². The number of rotatable bonds is 8. The molecule has 0 aliphatic rings. The van der Waals surface area contributed by atoms with Crippen LogP contribution in [0.3, 0.4) is 0 Å². The van der Waals surface area contributed by atoms with Crippen molar-refractivity contribution in [2.45, 2.75) is 33.1 Å². The smallest absolute Gasteiger partial charge is 0.405 e. The van der Waals surface area contributed by atoms with Crippen molar-refractivity contribution in [2.24, 2.45) is 0 Å². The summed E-state index contributed by atoms with van der Waals surface area (Å²) in [6.07, 6.45) is -4.65. The van der Waals surface area contributed by atoms with Crippen molar-refractivity contribution >= 4 is 11.9 Å². The number of aryl methyl sites for hydroxylation is 2. The fourth-order valence-corrected chi connectivity index (χ4v) is 2.18. The van der Waals surface area contributed by atoms with Gasteiger partial charge in [-0.1, -0.05) is 17.3 Å². The fraction of sp³-hybridized carbons (Fsp3) is 0.389. The first-order valence-corrected chi connectivity index (χ1v) is 8.26. The average molecular weight is 400 g/mol. The summed E-state index contributed by atoms with van der Waals surface area (Å²) in [6.45, 7) is 1.64. The van der Waals surface area contributed by atoms with E-state index in [9.17, 15) is 22.8 Å². The summed E-state index contributed by atoms with van der Waals surface area (Å²) >= 11 is 0. The van der Waals surface area contributed by atoms with E-state index in [0.29, 0.717) is 17.1 Å². The molecule has 0 aliphatic carbocycles. The largest absolute Gasteiger partial charge is 0.489 e. The number of benzene rings is 1. The summed E-state index contributed by atoms with van der Waals surface area (Å²) < 4.78 is 51.3. The number of nitrogens with one attached hydrogen (secondary N) is 1. The predicted octanol–water partition coefficient (Wildman–Crippen LogP) is 2.63. The molecule has 7 nitrogen and oxygen atoms in total. The highest BCUT2D eigenvalue weighted by Crippen LogP contribution is 2.18. The highest BCUT2D eigenvalue weighted by Gasteiger charge is 2.27. The Hall–Kier alpha value is -3.04. The third kappa shape index (κ3) is 6.93. The average Bonchev–Trinajstić information content (AvgIpc) is 2.95. The van der Waals surface area contributed by atoms with E-state index in [1.165, 1.54) is 0 Å². The number of alkyl halides is 3. The molecule has 1 aromatic heterocycles. The van der Waals surface area contributed by atoms with Crippen molar-refractivity contribution in [3.05, 3.63) is 46.8 Å². The molecule has 28 heavy (non-hydrogen) atoms. The molecule has 0 radical (unpaired) electrons. The monoisotopic (exact) mass is 400 g/mol. The Morgan fingerprint density at radius 2 is 1.86 bits per heavy atom. The van der Waals surface area contributed by atoms with Crippen LogP contribution >= 0.6 is 0 Å². The minimum absolute atomic E-state index is 0.128. The number of carbonyl (C=O) groups is 2. The molecular formula is C18H19F3N2O5. The minimum atomic E-state index is -4.52. The molecule has 1 N–H and O–H groups in total. The number of nitrogens with zero attached hydrogens (tertiary/aromatic N) is 1. The van der Waals surface area contributed by atoms with Crippen LogP contribution in [0.2, 0.25) is 0 Å². The van der Waals surface area contributed by atoms with E-state index in [2.05, 4.69) is 9.89 Å². The van der Waals surface area contributed by atoms with Gasteiger partial charge in [0.1, 0.15) is 24.7 Å². The maximum atomic E-state index is 12.0. The third-order valence-electron chi connectivity index (χ3n) is 3.69. The van der Waals surface area contributed by atoms with Crippen LogP contribution in [-0.4, -0.2) is 36.4 Å². The van der Waals surface area contributed by atoms with Gasteiger partial charge in [0.2, 0.25) is 0 Å². The van der Waals surface area contributed by atoms with Crippen LogP contribution in [0.5, 0.6) is 5.75 Å². The van der Waals surface area contributed by atoms with E-state index in [4.69, 9.17) is 9.26 Å². The van der Waals surface area contributed by atoms with E-state index in [1.54, 1.807) is 36.5 Å². The summed E-state index contributed by atoms with van der Waals surface area (Å²) in [6, 6.07) is 6.62. The number of ether oxygens (including phenoxy) is 2. The lowest BCUT2D eigenvalue weighted by molar-refractivity contribution is -0.150. The van der Waals surface area contributed by atoms with Gasteiger partial charge >= 0.3 is 12.1 Å². The molecule has 0 saturated carbocycles. The Kier molecular flexibility index (Phi) is 7.02. The van der Waals surface area contributed by atoms with Gasteiger partial charge in [0, 0.05) is 0 Å². The minimum Gasteiger partial charge on any atom is -0.489 e. The van der Waals surface area contributed by atoms with E-state index < -0.39 is 31.2 Å². The van der Waals surface area contributed by atoms with Gasteiger partial charge in [-0.05, 0) is 31.5 Å². The lowest BCUT2D eigenvalue weighted by Gasteiger charge is -2.09. The fourth-order valence-electron chi connectivity index (χ4n) is 2.18. The summed E-state index contributed by atoms with van der Waals surface area (Å²) in [5.74, 6) is -0.500. The van der Waals surface area contributed by atoms with Gasteiger partial charge in [-0.3, -0.25) is 9.59 Å².